The maximum Gasteiger partial charge on any atom is 0.311 e. The predicted octanol–water partition coefficient (Wildman–Crippen LogP) is 6.39. The summed E-state index contributed by atoms with van der Waals surface area (Å²) in [4.78, 5) is 24.0. The first-order valence-corrected chi connectivity index (χ1v) is 12.2. The summed E-state index contributed by atoms with van der Waals surface area (Å²) < 4.78 is 26.4. The minimum Gasteiger partial charge on any atom is -0.504 e. The molecule has 3 N–H and O–H groups in total. The van der Waals surface area contributed by atoms with Crippen molar-refractivity contribution in [2.24, 2.45) is 10.8 Å². The van der Waals surface area contributed by atoms with Crippen LogP contribution in [0.1, 0.15) is 46.7 Å². The van der Waals surface area contributed by atoms with Gasteiger partial charge in [-0.15, -0.1) is 0 Å². The molecule has 196 valence electrons. The summed E-state index contributed by atoms with van der Waals surface area (Å²) in [6.07, 6.45) is 1.87. The van der Waals surface area contributed by atoms with Crippen LogP contribution in [0.25, 0.3) is 21.8 Å². The number of esters is 1. The molecule has 4 aromatic rings. The number of fused-ring (bicyclic) bond motifs is 2. The van der Waals surface area contributed by atoms with Crippen LogP contribution in [0.3, 0.4) is 0 Å². The number of phenols is 1. The molecule has 0 spiro atoms. The summed E-state index contributed by atoms with van der Waals surface area (Å²) in [5.74, 6) is -0.111. The number of nitrogens with one attached hydrogen (secondary N) is 2. The lowest BCUT2D eigenvalue weighted by atomic mass is 9.75. The first kappa shape index (κ1) is 26.2. The number of benzene rings is 2. The third-order valence-electron chi connectivity index (χ3n) is 6.21. The Morgan fingerprint density at radius 2 is 1.89 bits per heavy atom. The van der Waals surface area contributed by atoms with E-state index in [9.17, 15) is 9.90 Å². The van der Waals surface area contributed by atoms with Crippen molar-refractivity contribution in [2.45, 2.75) is 48.0 Å². The van der Waals surface area contributed by atoms with E-state index in [4.69, 9.17) is 9.47 Å². The van der Waals surface area contributed by atoms with Crippen LogP contribution < -0.4 is 10.1 Å². The first-order chi connectivity index (χ1) is 17.4. The van der Waals surface area contributed by atoms with Gasteiger partial charge >= 0.3 is 5.97 Å². The van der Waals surface area contributed by atoms with Crippen LogP contribution in [0.15, 0.2) is 36.7 Å². The third kappa shape index (κ3) is 5.60. The Morgan fingerprint density at radius 1 is 1.14 bits per heavy atom. The Bertz CT molecular complexity index is 1460. The van der Waals surface area contributed by atoms with Crippen LogP contribution in [-0.2, 0) is 9.53 Å². The van der Waals surface area contributed by atoms with Gasteiger partial charge in [-0.25, -0.2) is 14.4 Å². The van der Waals surface area contributed by atoms with Crippen LogP contribution >= 0.6 is 0 Å². The fourth-order valence-electron chi connectivity index (χ4n) is 4.74. The first-order valence-electron chi connectivity index (χ1n) is 12.2. The number of ether oxygens (including phenoxy) is 2. The molecule has 0 aliphatic rings. The average molecular weight is 509 g/mol. The Kier molecular flexibility index (Phi) is 6.99. The third-order valence-corrected chi connectivity index (χ3v) is 6.21. The fourth-order valence-corrected chi connectivity index (χ4v) is 4.74. The topological polar surface area (TPSA) is 109 Å². The number of hydrogen-bond donors (Lipinski definition) is 3. The molecule has 0 fully saturated rings. The van der Waals surface area contributed by atoms with Gasteiger partial charge in [-0.1, -0.05) is 13.8 Å². The zero-order valence-corrected chi connectivity index (χ0v) is 22.0. The number of aryl methyl sites for hydroxylation is 1. The van der Waals surface area contributed by atoms with E-state index in [0.29, 0.717) is 40.7 Å². The maximum absolute atomic E-state index is 15.2. The number of aromatic hydroxyl groups is 1. The van der Waals surface area contributed by atoms with Gasteiger partial charge in [-0.2, -0.15) is 0 Å². The van der Waals surface area contributed by atoms with Crippen molar-refractivity contribution in [1.29, 1.82) is 0 Å². The van der Waals surface area contributed by atoms with Gasteiger partial charge in [0.05, 0.1) is 29.8 Å². The van der Waals surface area contributed by atoms with E-state index in [1.54, 1.807) is 31.2 Å². The number of anilines is 2. The molecule has 8 nitrogen and oxygen atoms in total. The second-order valence-electron chi connectivity index (χ2n) is 10.8. The molecule has 0 unspecified atom stereocenters. The molecule has 0 amide bonds. The molecule has 9 heteroatoms. The van der Waals surface area contributed by atoms with Gasteiger partial charge in [-0.05, 0) is 63.8 Å². The van der Waals surface area contributed by atoms with Gasteiger partial charge in [0.1, 0.15) is 12.1 Å². The summed E-state index contributed by atoms with van der Waals surface area (Å²) in [7, 11) is 0. The van der Waals surface area contributed by atoms with Gasteiger partial charge < -0.3 is 24.9 Å². The van der Waals surface area contributed by atoms with E-state index in [1.807, 2.05) is 34.6 Å². The molecule has 0 aliphatic heterocycles. The van der Waals surface area contributed by atoms with E-state index < -0.39 is 16.6 Å². The number of nitrogens with zero attached hydrogens (tertiary/aromatic N) is 2. The number of H-pyrrole nitrogens is 1. The van der Waals surface area contributed by atoms with Crippen LogP contribution in [0.4, 0.5) is 15.9 Å². The van der Waals surface area contributed by atoms with Crippen LogP contribution in [0.2, 0.25) is 0 Å². The minimum absolute atomic E-state index is 0.0759. The molecular formula is C28H33FN4O4. The second-order valence-corrected chi connectivity index (χ2v) is 10.8. The van der Waals surface area contributed by atoms with E-state index in [2.05, 4.69) is 20.3 Å². The van der Waals surface area contributed by atoms with Crippen molar-refractivity contribution in [3.63, 3.8) is 0 Å². The van der Waals surface area contributed by atoms with Crippen molar-refractivity contribution in [3.8, 4) is 11.5 Å². The van der Waals surface area contributed by atoms with Crippen molar-refractivity contribution in [1.82, 2.24) is 15.0 Å². The lowest BCUT2D eigenvalue weighted by Crippen LogP contribution is -2.35. The highest BCUT2D eigenvalue weighted by Crippen LogP contribution is 2.38. The maximum atomic E-state index is 15.2. The summed E-state index contributed by atoms with van der Waals surface area (Å²) in [6, 6.07) is 8.33. The Morgan fingerprint density at radius 3 is 2.62 bits per heavy atom. The van der Waals surface area contributed by atoms with E-state index in [1.165, 1.54) is 12.4 Å². The highest BCUT2D eigenvalue weighted by atomic mass is 19.1. The van der Waals surface area contributed by atoms with Crippen LogP contribution in [0, 0.1) is 23.6 Å². The van der Waals surface area contributed by atoms with Gasteiger partial charge in [-0.3, -0.25) is 4.79 Å². The number of aromatic nitrogens is 3. The summed E-state index contributed by atoms with van der Waals surface area (Å²) in [5, 5.41) is 14.7. The standard InChI is InChI=1S/C28H33FN4O4/c1-7-36-26(35)28(5,6)13-27(3,4)14-37-23-11-18-21(12-22(23)34)30-15-31-25(18)33-20-9-8-19-17(24(20)29)10-16(2)32-19/h8-12,15,32,34H,7,13-14H2,1-6H3,(H,30,31,33). The molecule has 0 saturated heterocycles. The van der Waals surface area contributed by atoms with Gasteiger partial charge in [0.25, 0.3) is 0 Å². The van der Waals surface area contributed by atoms with Crippen molar-refractivity contribution in [2.75, 3.05) is 18.5 Å². The summed E-state index contributed by atoms with van der Waals surface area (Å²) >= 11 is 0. The van der Waals surface area contributed by atoms with E-state index in [0.717, 1.165) is 5.69 Å². The van der Waals surface area contributed by atoms with Crippen molar-refractivity contribution in [3.05, 3.63) is 48.2 Å². The summed E-state index contributed by atoms with van der Waals surface area (Å²) in [6.45, 7) is 11.9. The van der Waals surface area contributed by atoms with Crippen molar-refractivity contribution >= 4 is 39.3 Å². The normalized spacial score (nSPS) is 12.2. The number of carbonyl (C=O) groups excluding carboxylic acids is 1. The van der Waals surface area contributed by atoms with Crippen molar-refractivity contribution < 1.29 is 23.8 Å². The van der Waals surface area contributed by atoms with Gasteiger partial charge in [0.15, 0.2) is 17.3 Å². The molecule has 0 atom stereocenters. The van der Waals surface area contributed by atoms with Crippen LogP contribution in [-0.4, -0.2) is 39.2 Å². The SMILES string of the molecule is CCOC(=O)C(C)(C)CC(C)(C)COc1cc2c(Nc3ccc4[nH]c(C)cc4c3F)ncnc2cc1O. The number of phenolic OH excluding ortho intramolecular Hbond substituents is 1. The molecule has 37 heavy (non-hydrogen) atoms. The lowest BCUT2D eigenvalue weighted by molar-refractivity contribution is -0.155. The minimum atomic E-state index is -0.692. The summed E-state index contributed by atoms with van der Waals surface area (Å²) in [5.41, 5.74) is 1.22. The molecular weight excluding hydrogens is 475 g/mol. The molecule has 2 heterocycles. The molecule has 2 aromatic carbocycles. The second kappa shape index (κ2) is 9.88. The number of rotatable bonds is 9. The molecule has 0 bridgehead atoms. The number of halogens is 1. The van der Waals surface area contributed by atoms with E-state index in [-0.39, 0.29) is 29.8 Å². The monoisotopic (exact) mass is 508 g/mol. The average Bonchev–Trinajstić information content (AvgIpc) is 3.20. The highest BCUT2D eigenvalue weighted by molar-refractivity contribution is 5.94. The molecule has 2 aromatic heterocycles. The van der Waals surface area contributed by atoms with Crippen LogP contribution in [0.5, 0.6) is 11.5 Å². The molecule has 4 rings (SSSR count). The number of hydrogen-bond acceptors (Lipinski definition) is 7. The number of aromatic amines is 1. The predicted molar refractivity (Wildman–Crippen MR) is 142 cm³/mol. The molecule has 0 aliphatic carbocycles. The van der Waals surface area contributed by atoms with E-state index >= 15 is 4.39 Å². The number of carbonyl (C=O) groups is 1. The molecule has 0 saturated carbocycles. The van der Waals surface area contributed by atoms with Gasteiger partial charge in [0, 0.05) is 28.0 Å². The lowest BCUT2D eigenvalue weighted by Gasteiger charge is -2.33. The Balaban J connectivity index is 1.59. The Hall–Kier alpha value is -3.88. The molecule has 0 radical (unpaired) electrons. The smallest absolute Gasteiger partial charge is 0.311 e. The zero-order valence-electron chi connectivity index (χ0n) is 22.0. The quantitative estimate of drug-likeness (QED) is 0.225. The zero-order chi connectivity index (χ0) is 27.0. The van der Waals surface area contributed by atoms with Gasteiger partial charge in [0.2, 0.25) is 0 Å². The largest absolute Gasteiger partial charge is 0.504 e. The Labute approximate surface area is 215 Å². The fraction of sp³-hybridized carbons (Fsp3) is 0.393. The highest BCUT2D eigenvalue weighted by Gasteiger charge is 2.36.